The zero-order chi connectivity index (χ0) is 12.4. The summed E-state index contributed by atoms with van der Waals surface area (Å²) in [4.78, 5) is 11.3. The van der Waals surface area contributed by atoms with Crippen molar-refractivity contribution in [2.24, 2.45) is 0 Å². The summed E-state index contributed by atoms with van der Waals surface area (Å²) >= 11 is 2.03. The summed E-state index contributed by atoms with van der Waals surface area (Å²) in [6.45, 7) is 5.29. The number of hydrogen-bond donors (Lipinski definition) is 1. The lowest BCUT2D eigenvalue weighted by molar-refractivity contribution is 0.681. The van der Waals surface area contributed by atoms with E-state index in [2.05, 4.69) is 27.1 Å². The van der Waals surface area contributed by atoms with E-state index >= 15 is 0 Å². The van der Waals surface area contributed by atoms with Gasteiger partial charge in [-0.1, -0.05) is 6.92 Å². The number of thioether (sulfide) groups is 1. The van der Waals surface area contributed by atoms with Gasteiger partial charge in [-0.2, -0.15) is 11.8 Å². The molecule has 0 radical (unpaired) electrons. The summed E-state index contributed by atoms with van der Waals surface area (Å²) < 4.78 is 0. The van der Waals surface area contributed by atoms with E-state index in [0.717, 1.165) is 31.6 Å². The molecule has 1 atom stereocenters. The van der Waals surface area contributed by atoms with Crippen molar-refractivity contribution in [3.63, 3.8) is 0 Å². The van der Waals surface area contributed by atoms with Crippen molar-refractivity contribution in [2.75, 3.05) is 23.7 Å². The van der Waals surface area contributed by atoms with Crippen molar-refractivity contribution in [1.29, 1.82) is 0 Å². The van der Waals surface area contributed by atoms with E-state index in [1.165, 1.54) is 24.2 Å². The van der Waals surface area contributed by atoms with Crippen LogP contribution in [0.15, 0.2) is 12.4 Å². The van der Waals surface area contributed by atoms with Gasteiger partial charge in [-0.3, -0.25) is 0 Å². The SMILES string of the molecule is CC1CN(c2ncc(CNC3CC3)cn2)CCS1. The summed E-state index contributed by atoms with van der Waals surface area (Å²) in [5.74, 6) is 2.06. The highest BCUT2D eigenvalue weighted by atomic mass is 32.2. The van der Waals surface area contributed by atoms with Crippen molar-refractivity contribution in [3.8, 4) is 0 Å². The third-order valence-electron chi connectivity index (χ3n) is 3.39. The molecule has 3 rings (SSSR count). The standard InChI is InChI=1S/C13H20N4S/c1-10-9-17(4-5-18-10)13-15-7-11(8-16-13)6-14-12-2-3-12/h7-8,10,12,14H,2-6,9H2,1H3. The summed E-state index contributed by atoms with van der Waals surface area (Å²) in [5.41, 5.74) is 1.19. The van der Waals surface area contributed by atoms with E-state index in [9.17, 15) is 0 Å². The quantitative estimate of drug-likeness (QED) is 0.896. The van der Waals surface area contributed by atoms with E-state index in [0.29, 0.717) is 5.25 Å². The number of anilines is 1. The van der Waals surface area contributed by atoms with Crippen LogP contribution in [0.25, 0.3) is 0 Å². The molecule has 2 aliphatic rings. The fraction of sp³-hybridized carbons (Fsp3) is 0.692. The third-order valence-corrected chi connectivity index (χ3v) is 4.52. The predicted molar refractivity (Wildman–Crippen MR) is 76.0 cm³/mol. The molecule has 1 aliphatic carbocycles. The second-order valence-electron chi connectivity index (χ2n) is 5.17. The van der Waals surface area contributed by atoms with Gasteiger partial charge >= 0.3 is 0 Å². The van der Waals surface area contributed by atoms with Crippen LogP contribution in [0.1, 0.15) is 25.3 Å². The Hall–Kier alpha value is -0.810. The Labute approximate surface area is 113 Å². The Morgan fingerprint density at radius 1 is 1.39 bits per heavy atom. The zero-order valence-corrected chi connectivity index (χ0v) is 11.6. The summed E-state index contributed by atoms with van der Waals surface area (Å²) in [7, 11) is 0. The topological polar surface area (TPSA) is 41.1 Å². The Balaban J connectivity index is 1.58. The first-order chi connectivity index (χ1) is 8.81. The molecule has 1 aliphatic heterocycles. The van der Waals surface area contributed by atoms with Crippen LogP contribution in [0.5, 0.6) is 0 Å². The first kappa shape index (κ1) is 12.2. The lowest BCUT2D eigenvalue weighted by Crippen LogP contribution is -2.37. The highest BCUT2D eigenvalue weighted by molar-refractivity contribution is 8.00. The van der Waals surface area contributed by atoms with Crippen LogP contribution in [0.3, 0.4) is 0 Å². The van der Waals surface area contributed by atoms with E-state index in [1.54, 1.807) is 0 Å². The number of hydrogen-bond acceptors (Lipinski definition) is 5. The molecular weight excluding hydrogens is 244 g/mol. The molecule has 1 unspecified atom stereocenters. The van der Waals surface area contributed by atoms with Crippen LogP contribution in [-0.2, 0) is 6.54 Å². The van der Waals surface area contributed by atoms with Gasteiger partial charge in [0.1, 0.15) is 0 Å². The van der Waals surface area contributed by atoms with Gasteiger partial charge in [-0.15, -0.1) is 0 Å². The molecule has 0 aromatic carbocycles. The van der Waals surface area contributed by atoms with Crippen LogP contribution < -0.4 is 10.2 Å². The lowest BCUT2D eigenvalue weighted by Gasteiger charge is -2.30. The van der Waals surface area contributed by atoms with Gasteiger partial charge in [0.15, 0.2) is 0 Å². The van der Waals surface area contributed by atoms with Gasteiger partial charge in [0.2, 0.25) is 5.95 Å². The molecule has 1 aromatic heterocycles. The maximum atomic E-state index is 4.50. The Morgan fingerprint density at radius 3 is 2.83 bits per heavy atom. The molecule has 0 bridgehead atoms. The second-order valence-corrected chi connectivity index (χ2v) is 6.72. The predicted octanol–water partition coefficient (Wildman–Crippen LogP) is 1.67. The maximum Gasteiger partial charge on any atom is 0.225 e. The van der Waals surface area contributed by atoms with Crippen molar-refractivity contribution in [2.45, 2.75) is 37.6 Å². The first-order valence-electron chi connectivity index (χ1n) is 6.72. The van der Waals surface area contributed by atoms with Gasteiger partial charge in [0, 0.05) is 54.6 Å². The average molecular weight is 264 g/mol. The summed E-state index contributed by atoms with van der Waals surface area (Å²) in [6, 6.07) is 0.740. The van der Waals surface area contributed by atoms with Crippen molar-refractivity contribution in [1.82, 2.24) is 15.3 Å². The van der Waals surface area contributed by atoms with E-state index in [4.69, 9.17) is 0 Å². The molecular formula is C13H20N4S. The van der Waals surface area contributed by atoms with Crippen LogP contribution >= 0.6 is 11.8 Å². The molecule has 0 amide bonds. The monoisotopic (exact) mass is 264 g/mol. The van der Waals surface area contributed by atoms with Crippen molar-refractivity contribution < 1.29 is 0 Å². The highest BCUT2D eigenvalue weighted by Crippen LogP contribution is 2.21. The number of rotatable bonds is 4. The largest absolute Gasteiger partial charge is 0.339 e. The van der Waals surface area contributed by atoms with Gasteiger partial charge < -0.3 is 10.2 Å². The maximum absolute atomic E-state index is 4.50. The molecule has 1 saturated heterocycles. The van der Waals surface area contributed by atoms with Crippen molar-refractivity contribution in [3.05, 3.63) is 18.0 Å². The molecule has 1 saturated carbocycles. The first-order valence-corrected chi connectivity index (χ1v) is 7.77. The zero-order valence-electron chi connectivity index (χ0n) is 10.8. The fourth-order valence-electron chi connectivity index (χ4n) is 2.15. The minimum Gasteiger partial charge on any atom is -0.339 e. The molecule has 18 heavy (non-hydrogen) atoms. The highest BCUT2D eigenvalue weighted by Gasteiger charge is 2.21. The van der Waals surface area contributed by atoms with Gasteiger partial charge in [0.25, 0.3) is 0 Å². The number of nitrogens with one attached hydrogen (secondary N) is 1. The van der Waals surface area contributed by atoms with Gasteiger partial charge in [0.05, 0.1) is 0 Å². The normalized spacial score (nSPS) is 24.3. The minimum absolute atomic E-state index is 0.679. The summed E-state index contributed by atoms with van der Waals surface area (Å²) in [6.07, 6.45) is 6.57. The lowest BCUT2D eigenvalue weighted by atomic mass is 10.3. The Bertz CT molecular complexity index is 390. The third kappa shape index (κ3) is 3.14. The number of aromatic nitrogens is 2. The molecule has 98 valence electrons. The molecule has 2 heterocycles. The molecule has 2 fully saturated rings. The second kappa shape index (κ2) is 5.45. The van der Waals surface area contributed by atoms with E-state index in [-0.39, 0.29) is 0 Å². The van der Waals surface area contributed by atoms with Crippen LogP contribution in [-0.4, -0.2) is 40.1 Å². The molecule has 1 N–H and O–H groups in total. The van der Waals surface area contributed by atoms with Crippen LogP contribution in [0.4, 0.5) is 5.95 Å². The Morgan fingerprint density at radius 2 is 2.17 bits per heavy atom. The molecule has 4 nitrogen and oxygen atoms in total. The molecule has 5 heteroatoms. The minimum atomic E-state index is 0.679. The van der Waals surface area contributed by atoms with Crippen LogP contribution in [0.2, 0.25) is 0 Å². The fourth-order valence-corrected chi connectivity index (χ4v) is 3.17. The molecule has 0 spiro atoms. The van der Waals surface area contributed by atoms with E-state index in [1.807, 2.05) is 24.2 Å². The van der Waals surface area contributed by atoms with Crippen LogP contribution in [0, 0.1) is 0 Å². The summed E-state index contributed by atoms with van der Waals surface area (Å²) in [5, 5.41) is 4.16. The van der Waals surface area contributed by atoms with Crippen molar-refractivity contribution >= 4 is 17.7 Å². The number of nitrogens with zero attached hydrogens (tertiary/aromatic N) is 3. The molecule has 1 aromatic rings. The average Bonchev–Trinajstić information content (AvgIpc) is 3.21. The van der Waals surface area contributed by atoms with Gasteiger partial charge in [-0.05, 0) is 12.8 Å². The smallest absolute Gasteiger partial charge is 0.225 e. The van der Waals surface area contributed by atoms with E-state index < -0.39 is 0 Å². The van der Waals surface area contributed by atoms with Gasteiger partial charge in [-0.25, -0.2) is 9.97 Å². The Kier molecular flexibility index (Phi) is 3.70.